The summed E-state index contributed by atoms with van der Waals surface area (Å²) < 4.78 is 11.1. The number of nitrogens with zero attached hydrogens (tertiary/aromatic N) is 2. The summed E-state index contributed by atoms with van der Waals surface area (Å²) in [5, 5.41) is 4.17. The largest absolute Gasteiger partial charge is 0.493 e. The van der Waals surface area contributed by atoms with E-state index in [0.29, 0.717) is 25.0 Å². The second-order valence-electron chi connectivity index (χ2n) is 5.65. The van der Waals surface area contributed by atoms with Gasteiger partial charge in [0.05, 0.1) is 12.5 Å². The van der Waals surface area contributed by atoms with E-state index in [0.717, 1.165) is 36.4 Å². The molecule has 1 aliphatic heterocycles. The van der Waals surface area contributed by atoms with Gasteiger partial charge in [-0.1, -0.05) is 30.3 Å². The molecule has 0 saturated carbocycles. The Morgan fingerprint density at radius 2 is 2.24 bits per heavy atom. The molecular weight excluding hydrogens is 266 g/mol. The summed E-state index contributed by atoms with van der Waals surface area (Å²) in [5.41, 5.74) is 6.78. The van der Waals surface area contributed by atoms with Crippen LogP contribution in [-0.2, 0) is 6.42 Å². The zero-order valence-electron chi connectivity index (χ0n) is 12.3. The lowest BCUT2D eigenvalue weighted by molar-refractivity contribution is 0.272. The lowest BCUT2D eigenvalue weighted by Gasteiger charge is -2.23. The van der Waals surface area contributed by atoms with Gasteiger partial charge in [-0.2, -0.15) is 4.98 Å². The fourth-order valence-electron chi connectivity index (χ4n) is 2.61. The summed E-state index contributed by atoms with van der Waals surface area (Å²) >= 11 is 0. The third-order valence-electron chi connectivity index (χ3n) is 4.01. The Morgan fingerprint density at radius 3 is 3.10 bits per heavy atom. The molecule has 0 fully saturated rings. The number of para-hydroxylation sites is 1. The van der Waals surface area contributed by atoms with Gasteiger partial charge in [-0.25, -0.2) is 0 Å². The van der Waals surface area contributed by atoms with Crippen molar-refractivity contribution in [1.29, 1.82) is 0 Å². The van der Waals surface area contributed by atoms with Crippen molar-refractivity contribution in [2.75, 3.05) is 13.2 Å². The molecule has 1 aromatic heterocycles. The van der Waals surface area contributed by atoms with Gasteiger partial charge in [0.25, 0.3) is 0 Å². The van der Waals surface area contributed by atoms with Crippen molar-refractivity contribution >= 4 is 0 Å². The minimum Gasteiger partial charge on any atom is -0.493 e. The first-order valence-electron chi connectivity index (χ1n) is 7.52. The fourth-order valence-corrected chi connectivity index (χ4v) is 2.61. The highest BCUT2D eigenvalue weighted by Crippen LogP contribution is 2.36. The SMILES string of the molecule is CC(CN)CCc1nc(C2CCOc3ccccc32)no1. The molecular formula is C16H21N3O2. The van der Waals surface area contributed by atoms with Crippen LogP contribution in [0.15, 0.2) is 28.8 Å². The van der Waals surface area contributed by atoms with Gasteiger partial charge in [0.1, 0.15) is 5.75 Å². The second kappa shape index (κ2) is 6.26. The molecule has 21 heavy (non-hydrogen) atoms. The van der Waals surface area contributed by atoms with E-state index in [-0.39, 0.29) is 5.92 Å². The van der Waals surface area contributed by atoms with Gasteiger partial charge in [-0.05, 0) is 31.4 Å². The van der Waals surface area contributed by atoms with E-state index >= 15 is 0 Å². The zero-order chi connectivity index (χ0) is 14.7. The predicted molar refractivity (Wildman–Crippen MR) is 79.2 cm³/mol. The van der Waals surface area contributed by atoms with Gasteiger partial charge in [-0.3, -0.25) is 0 Å². The van der Waals surface area contributed by atoms with Crippen molar-refractivity contribution in [1.82, 2.24) is 10.1 Å². The number of rotatable bonds is 5. The summed E-state index contributed by atoms with van der Waals surface area (Å²) in [5.74, 6) is 3.04. The molecule has 2 aromatic rings. The molecule has 0 spiro atoms. The van der Waals surface area contributed by atoms with Gasteiger partial charge in [0, 0.05) is 12.0 Å². The molecule has 0 saturated heterocycles. The van der Waals surface area contributed by atoms with E-state index in [9.17, 15) is 0 Å². The monoisotopic (exact) mass is 287 g/mol. The summed E-state index contributed by atoms with van der Waals surface area (Å²) in [6.07, 6.45) is 2.65. The average molecular weight is 287 g/mol. The number of hydrogen-bond acceptors (Lipinski definition) is 5. The van der Waals surface area contributed by atoms with Crippen LogP contribution in [-0.4, -0.2) is 23.3 Å². The molecule has 0 amide bonds. The zero-order valence-corrected chi connectivity index (χ0v) is 12.3. The van der Waals surface area contributed by atoms with Crippen LogP contribution in [0.2, 0.25) is 0 Å². The number of hydrogen-bond donors (Lipinski definition) is 1. The first-order valence-corrected chi connectivity index (χ1v) is 7.52. The van der Waals surface area contributed by atoms with E-state index in [1.54, 1.807) is 0 Å². The average Bonchev–Trinajstić information content (AvgIpc) is 3.00. The third kappa shape index (κ3) is 3.08. The number of ether oxygens (including phenoxy) is 1. The van der Waals surface area contributed by atoms with Gasteiger partial charge < -0.3 is 15.0 Å². The van der Waals surface area contributed by atoms with E-state index in [4.69, 9.17) is 15.0 Å². The van der Waals surface area contributed by atoms with Crippen LogP contribution >= 0.6 is 0 Å². The smallest absolute Gasteiger partial charge is 0.226 e. The van der Waals surface area contributed by atoms with Gasteiger partial charge in [0.2, 0.25) is 5.89 Å². The predicted octanol–water partition coefficient (Wildman–Crippen LogP) is 2.51. The first-order chi connectivity index (χ1) is 10.3. The highest BCUT2D eigenvalue weighted by Gasteiger charge is 2.26. The molecule has 5 heteroatoms. The summed E-state index contributed by atoms with van der Waals surface area (Å²) in [6, 6.07) is 8.07. The van der Waals surface area contributed by atoms with E-state index in [2.05, 4.69) is 23.1 Å². The topological polar surface area (TPSA) is 74.2 Å². The standard InChI is InChI=1S/C16H21N3O2/c1-11(10-17)6-7-15-18-16(19-21-15)13-8-9-20-14-5-3-2-4-12(13)14/h2-5,11,13H,6-10,17H2,1H3. The molecule has 2 unspecified atom stereocenters. The number of aryl methyl sites for hydroxylation is 1. The highest BCUT2D eigenvalue weighted by atomic mass is 16.5. The molecule has 1 aromatic carbocycles. The molecule has 112 valence electrons. The number of nitrogens with two attached hydrogens (primary N) is 1. The van der Waals surface area contributed by atoms with Crippen LogP contribution in [0.1, 0.15) is 43.0 Å². The van der Waals surface area contributed by atoms with Crippen LogP contribution in [0.4, 0.5) is 0 Å². The van der Waals surface area contributed by atoms with Crippen LogP contribution in [0, 0.1) is 5.92 Å². The third-order valence-corrected chi connectivity index (χ3v) is 4.01. The van der Waals surface area contributed by atoms with E-state index in [1.165, 1.54) is 0 Å². The van der Waals surface area contributed by atoms with E-state index in [1.807, 2.05) is 18.2 Å². The number of aromatic nitrogens is 2. The van der Waals surface area contributed by atoms with Crippen LogP contribution in [0.25, 0.3) is 0 Å². The lowest BCUT2D eigenvalue weighted by Crippen LogP contribution is -2.16. The Kier molecular flexibility index (Phi) is 4.20. The molecule has 1 aliphatic rings. The van der Waals surface area contributed by atoms with Crippen LogP contribution in [0.3, 0.4) is 0 Å². The molecule has 2 heterocycles. The number of fused-ring (bicyclic) bond motifs is 1. The molecule has 5 nitrogen and oxygen atoms in total. The Balaban J connectivity index is 1.75. The molecule has 3 rings (SSSR count). The Hall–Kier alpha value is -1.88. The van der Waals surface area contributed by atoms with Gasteiger partial charge in [0.15, 0.2) is 5.82 Å². The lowest BCUT2D eigenvalue weighted by atomic mass is 9.92. The maximum atomic E-state index is 5.68. The van der Waals surface area contributed by atoms with Crippen molar-refractivity contribution in [2.45, 2.75) is 32.1 Å². The Bertz CT molecular complexity index is 597. The number of benzene rings is 1. The summed E-state index contributed by atoms with van der Waals surface area (Å²) in [6.45, 7) is 3.51. The highest BCUT2D eigenvalue weighted by molar-refractivity contribution is 5.40. The maximum Gasteiger partial charge on any atom is 0.226 e. The molecule has 2 atom stereocenters. The quantitative estimate of drug-likeness (QED) is 0.914. The fraction of sp³-hybridized carbons (Fsp3) is 0.500. The normalized spacial score (nSPS) is 18.9. The van der Waals surface area contributed by atoms with Crippen molar-refractivity contribution in [3.8, 4) is 5.75 Å². The molecule has 0 radical (unpaired) electrons. The minimum absolute atomic E-state index is 0.166. The van der Waals surface area contributed by atoms with Crippen molar-refractivity contribution in [3.63, 3.8) is 0 Å². The molecule has 2 N–H and O–H groups in total. The van der Waals surface area contributed by atoms with Crippen molar-refractivity contribution in [3.05, 3.63) is 41.5 Å². The minimum atomic E-state index is 0.166. The summed E-state index contributed by atoms with van der Waals surface area (Å²) in [4.78, 5) is 4.56. The Labute approximate surface area is 124 Å². The van der Waals surface area contributed by atoms with Crippen LogP contribution in [0.5, 0.6) is 5.75 Å². The van der Waals surface area contributed by atoms with Crippen molar-refractivity contribution in [2.24, 2.45) is 11.7 Å². The Morgan fingerprint density at radius 1 is 1.38 bits per heavy atom. The van der Waals surface area contributed by atoms with Crippen LogP contribution < -0.4 is 10.5 Å². The van der Waals surface area contributed by atoms with Crippen molar-refractivity contribution < 1.29 is 9.26 Å². The molecule has 0 bridgehead atoms. The van der Waals surface area contributed by atoms with Gasteiger partial charge in [-0.15, -0.1) is 0 Å². The van der Waals surface area contributed by atoms with E-state index < -0.39 is 0 Å². The first kappa shape index (κ1) is 14.1. The van der Waals surface area contributed by atoms with Gasteiger partial charge >= 0.3 is 0 Å². The maximum absolute atomic E-state index is 5.68. The summed E-state index contributed by atoms with van der Waals surface area (Å²) in [7, 11) is 0. The molecule has 0 aliphatic carbocycles. The second-order valence-corrected chi connectivity index (χ2v) is 5.65.